The number of rotatable bonds is 4. The number of aliphatic carboxylic acids is 2. The molecule has 1 rings (SSSR count). The Bertz CT molecular complexity index is 451. The third-order valence-corrected chi connectivity index (χ3v) is 2.57. The van der Waals surface area contributed by atoms with Crippen LogP contribution < -0.4 is 0 Å². The Kier molecular flexibility index (Phi) is 4.25. The summed E-state index contributed by atoms with van der Waals surface area (Å²) in [5.41, 5.74) is 0.487. The quantitative estimate of drug-likeness (QED) is 0.833. The van der Waals surface area contributed by atoms with Crippen LogP contribution in [0.15, 0.2) is 34.3 Å². The number of carboxylic acids is 2. The molecule has 0 unspecified atom stereocenters. The number of benzene rings is 1. The maximum Gasteiger partial charge on any atom is 0.332 e. The minimum Gasteiger partial charge on any atom is -0.481 e. The Hall–Kier alpha value is -1.62. The average molecular weight is 285 g/mol. The Labute approximate surface area is 100 Å². The number of carbonyl (C=O) groups is 2. The van der Waals surface area contributed by atoms with Crippen molar-refractivity contribution in [2.45, 2.75) is 6.42 Å². The molecule has 5 heteroatoms. The van der Waals surface area contributed by atoms with Gasteiger partial charge in [-0.25, -0.2) is 4.79 Å². The van der Waals surface area contributed by atoms with E-state index in [4.69, 9.17) is 10.2 Å². The molecule has 0 aliphatic rings. The summed E-state index contributed by atoms with van der Waals surface area (Å²) < 4.78 is 0.721. The fraction of sp³-hybridized carbons (Fsp3) is 0.0909. The van der Waals surface area contributed by atoms with E-state index in [1.54, 1.807) is 24.3 Å². The van der Waals surface area contributed by atoms with Gasteiger partial charge in [0.1, 0.15) is 0 Å². The monoisotopic (exact) mass is 284 g/mol. The van der Waals surface area contributed by atoms with E-state index < -0.39 is 18.4 Å². The minimum atomic E-state index is -1.22. The molecule has 1 aromatic rings. The predicted molar refractivity (Wildman–Crippen MR) is 62.0 cm³/mol. The Morgan fingerprint density at radius 2 is 1.88 bits per heavy atom. The topological polar surface area (TPSA) is 74.6 Å². The molecular weight excluding hydrogens is 276 g/mol. The van der Waals surface area contributed by atoms with Gasteiger partial charge < -0.3 is 10.2 Å². The lowest BCUT2D eigenvalue weighted by Gasteiger charge is -2.01. The second-order valence-corrected chi connectivity index (χ2v) is 3.92. The van der Waals surface area contributed by atoms with Crippen molar-refractivity contribution in [3.8, 4) is 0 Å². The van der Waals surface area contributed by atoms with Crippen molar-refractivity contribution >= 4 is 33.9 Å². The number of carboxylic acid groups (broad SMARTS) is 2. The van der Waals surface area contributed by atoms with Crippen molar-refractivity contribution in [1.82, 2.24) is 0 Å². The summed E-state index contributed by atoms with van der Waals surface area (Å²) in [6.45, 7) is 0. The first kappa shape index (κ1) is 12.4. The van der Waals surface area contributed by atoms with Crippen LogP contribution in [0.25, 0.3) is 6.08 Å². The average Bonchev–Trinajstić information content (AvgIpc) is 2.19. The number of hydrogen-bond acceptors (Lipinski definition) is 2. The van der Waals surface area contributed by atoms with Crippen LogP contribution in [0.1, 0.15) is 12.0 Å². The van der Waals surface area contributed by atoms with E-state index in [0.717, 1.165) is 4.47 Å². The van der Waals surface area contributed by atoms with E-state index >= 15 is 0 Å². The molecular formula is C11H9BrO4. The molecule has 0 atom stereocenters. The van der Waals surface area contributed by atoms with Crippen molar-refractivity contribution in [2.75, 3.05) is 0 Å². The van der Waals surface area contributed by atoms with E-state index in [-0.39, 0.29) is 5.57 Å². The summed E-state index contributed by atoms with van der Waals surface area (Å²) in [7, 11) is 0. The Morgan fingerprint density at radius 3 is 2.38 bits per heavy atom. The van der Waals surface area contributed by atoms with Crippen LogP contribution in [0.5, 0.6) is 0 Å². The largest absolute Gasteiger partial charge is 0.481 e. The van der Waals surface area contributed by atoms with Crippen LogP contribution >= 0.6 is 15.9 Å². The molecule has 0 spiro atoms. The summed E-state index contributed by atoms with van der Waals surface area (Å²) in [6.07, 6.45) is 0.844. The van der Waals surface area contributed by atoms with Gasteiger partial charge >= 0.3 is 11.9 Å². The summed E-state index contributed by atoms with van der Waals surface area (Å²) in [5, 5.41) is 17.4. The molecule has 84 valence electrons. The molecule has 0 aliphatic heterocycles. The molecule has 2 N–H and O–H groups in total. The SMILES string of the molecule is O=C(O)CC(=Cc1ccccc1Br)C(=O)O. The molecule has 0 aliphatic carbocycles. The maximum absolute atomic E-state index is 10.8. The zero-order valence-electron chi connectivity index (χ0n) is 8.18. The van der Waals surface area contributed by atoms with Crippen molar-refractivity contribution < 1.29 is 19.8 Å². The zero-order chi connectivity index (χ0) is 12.1. The van der Waals surface area contributed by atoms with Gasteiger partial charge in [-0.15, -0.1) is 0 Å². The van der Waals surface area contributed by atoms with E-state index in [2.05, 4.69) is 15.9 Å². The molecule has 0 heterocycles. The van der Waals surface area contributed by atoms with Gasteiger partial charge in [-0.2, -0.15) is 0 Å². The highest BCUT2D eigenvalue weighted by atomic mass is 79.9. The van der Waals surface area contributed by atoms with Crippen LogP contribution in [0.4, 0.5) is 0 Å². The summed E-state index contributed by atoms with van der Waals surface area (Å²) in [5.74, 6) is -2.39. The van der Waals surface area contributed by atoms with Crippen molar-refractivity contribution in [3.05, 3.63) is 39.9 Å². The van der Waals surface area contributed by atoms with E-state index in [1.165, 1.54) is 6.08 Å². The van der Waals surface area contributed by atoms with Crippen LogP contribution in [0, 0.1) is 0 Å². The van der Waals surface area contributed by atoms with Crippen molar-refractivity contribution in [1.29, 1.82) is 0 Å². The molecule has 0 bridgehead atoms. The molecule has 0 radical (unpaired) electrons. The van der Waals surface area contributed by atoms with Crippen molar-refractivity contribution in [3.63, 3.8) is 0 Å². The molecule has 0 saturated carbocycles. The Balaban J connectivity index is 3.07. The van der Waals surface area contributed by atoms with Crippen LogP contribution in [0.2, 0.25) is 0 Å². The van der Waals surface area contributed by atoms with Gasteiger partial charge in [0.2, 0.25) is 0 Å². The molecule has 0 saturated heterocycles. The summed E-state index contributed by atoms with van der Waals surface area (Å²) >= 11 is 3.26. The molecule has 16 heavy (non-hydrogen) atoms. The highest BCUT2D eigenvalue weighted by Gasteiger charge is 2.12. The lowest BCUT2D eigenvalue weighted by Crippen LogP contribution is -2.06. The number of hydrogen-bond donors (Lipinski definition) is 2. The Morgan fingerprint density at radius 1 is 1.25 bits per heavy atom. The lowest BCUT2D eigenvalue weighted by molar-refractivity contribution is -0.139. The second kappa shape index (κ2) is 5.46. The zero-order valence-corrected chi connectivity index (χ0v) is 9.77. The molecule has 4 nitrogen and oxygen atoms in total. The highest BCUT2D eigenvalue weighted by Crippen LogP contribution is 2.20. The van der Waals surface area contributed by atoms with Gasteiger partial charge in [0, 0.05) is 10.0 Å². The first-order valence-corrected chi connectivity index (χ1v) is 5.20. The normalized spacial score (nSPS) is 11.2. The molecule has 0 amide bonds. The fourth-order valence-corrected chi connectivity index (χ4v) is 1.53. The van der Waals surface area contributed by atoms with Crippen LogP contribution in [-0.4, -0.2) is 22.2 Å². The van der Waals surface area contributed by atoms with Gasteiger partial charge in [-0.05, 0) is 17.7 Å². The molecule has 1 aromatic carbocycles. The lowest BCUT2D eigenvalue weighted by atomic mass is 10.1. The smallest absolute Gasteiger partial charge is 0.332 e. The van der Waals surface area contributed by atoms with E-state index in [9.17, 15) is 9.59 Å². The van der Waals surface area contributed by atoms with E-state index in [0.29, 0.717) is 5.56 Å². The molecule has 0 fully saturated rings. The second-order valence-electron chi connectivity index (χ2n) is 3.07. The first-order chi connectivity index (χ1) is 7.50. The standard InChI is InChI=1S/C11H9BrO4/c12-9-4-2-1-3-7(9)5-8(11(15)16)6-10(13)14/h1-5H,6H2,(H,13,14)(H,15,16). The third-order valence-electron chi connectivity index (χ3n) is 1.85. The van der Waals surface area contributed by atoms with Gasteiger partial charge in [-0.1, -0.05) is 34.1 Å². The maximum atomic E-state index is 10.8. The van der Waals surface area contributed by atoms with Crippen LogP contribution in [0.3, 0.4) is 0 Å². The van der Waals surface area contributed by atoms with E-state index in [1.807, 2.05) is 0 Å². The highest BCUT2D eigenvalue weighted by molar-refractivity contribution is 9.10. The summed E-state index contributed by atoms with van der Waals surface area (Å²) in [6, 6.07) is 7.00. The van der Waals surface area contributed by atoms with Crippen molar-refractivity contribution in [2.24, 2.45) is 0 Å². The number of halogens is 1. The minimum absolute atomic E-state index is 0.153. The fourth-order valence-electron chi connectivity index (χ4n) is 1.13. The summed E-state index contributed by atoms with van der Waals surface area (Å²) in [4.78, 5) is 21.3. The van der Waals surface area contributed by atoms with Gasteiger partial charge in [-0.3, -0.25) is 4.79 Å². The van der Waals surface area contributed by atoms with Gasteiger partial charge in [0.15, 0.2) is 0 Å². The predicted octanol–water partition coefficient (Wildman–Crippen LogP) is 2.39. The van der Waals surface area contributed by atoms with Gasteiger partial charge in [0.25, 0.3) is 0 Å². The first-order valence-electron chi connectivity index (χ1n) is 4.41. The third kappa shape index (κ3) is 3.51. The van der Waals surface area contributed by atoms with Crippen LogP contribution in [-0.2, 0) is 9.59 Å². The molecule has 0 aromatic heterocycles. The van der Waals surface area contributed by atoms with Gasteiger partial charge in [0.05, 0.1) is 6.42 Å².